The lowest BCUT2D eigenvalue weighted by molar-refractivity contribution is -0.402. The van der Waals surface area contributed by atoms with E-state index in [9.17, 15) is 10.1 Å². The molecule has 0 spiro atoms. The number of aromatic nitrogens is 1. The van der Waals surface area contributed by atoms with Crippen LogP contribution in [0.3, 0.4) is 0 Å². The van der Waals surface area contributed by atoms with Gasteiger partial charge in [0, 0.05) is 18.8 Å². The van der Waals surface area contributed by atoms with Gasteiger partial charge in [0.1, 0.15) is 10.6 Å². The highest BCUT2D eigenvalue weighted by atomic mass is 16.7. The van der Waals surface area contributed by atoms with E-state index in [0.29, 0.717) is 17.9 Å². The molecule has 1 atom stereocenters. The molecule has 7 heteroatoms. The summed E-state index contributed by atoms with van der Waals surface area (Å²) in [4.78, 5) is 19.6. The molecule has 2 aromatic heterocycles. The average molecular weight is 335 g/mol. The molecule has 0 N–H and O–H groups in total. The van der Waals surface area contributed by atoms with E-state index in [0.717, 1.165) is 16.7 Å². The van der Waals surface area contributed by atoms with E-state index in [2.05, 4.69) is 10.1 Å². The van der Waals surface area contributed by atoms with Crippen LogP contribution in [-0.4, -0.2) is 15.6 Å². The van der Waals surface area contributed by atoms with Gasteiger partial charge >= 0.3 is 5.88 Å². The van der Waals surface area contributed by atoms with Gasteiger partial charge in [0.15, 0.2) is 11.9 Å². The maximum absolute atomic E-state index is 10.7. The van der Waals surface area contributed by atoms with Crippen LogP contribution in [0.1, 0.15) is 23.8 Å². The van der Waals surface area contributed by atoms with Gasteiger partial charge in [-0.2, -0.15) is 0 Å². The predicted molar refractivity (Wildman–Crippen MR) is 90.0 cm³/mol. The van der Waals surface area contributed by atoms with Gasteiger partial charge in [0.2, 0.25) is 0 Å². The van der Waals surface area contributed by atoms with Crippen LogP contribution < -0.4 is 0 Å². The monoisotopic (exact) mass is 335 g/mol. The number of hydrogen-bond acceptors (Lipinski definition) is 6. The highest BCUT2D eigenvalue weighted by Crippen LogP contribution is 2.32. The number of nitrogens with zero attached hydrogens (tertiary/aromatic N) is 3. The summed E-state index contributed by atoms with van der Waals surface area (Å²) in [5, 5.41) is 14.7. The molecular weight excluding hydrogens is 322 g/mol. The Morgan fingerprint density at radius 2 is 1.72 bits per heavy atom. The van der Waals surface area contributed by atoms with E-state index in [1.807, 2.05) is 36.4 Å². The second-order valence-corrected chi connectivity index (χ2v) is 5.59. The molecule has 1 unspecified atom stereocenters. The molecule has 0 radical (unpaired) electrons. The van der Waals surface area contributed by atoms with E-state index in [4.69, 9.17) is 9.25 Å². The van der Waals surface area contributed by atoms with Crippen LogP contribution in [0.4, 0.5) is 5.88 Å². The molecule has 25 heavy (non-hydrogen) atoms. The Balaban J connectivity index is 1.48. The SMILES string of the molecule is O=[N+]([O-])c1ccc(C2=NOC(c3ccc(-c4ccncc4)cc3)C2)o1. The zero-order valence-electron chi connectivity index (χ0n) is 13.0. The molecule has 7 nitrogen and oxygen atoms in total. The van der Waals surface area contributed by atoms with Crippen LogP contribution in [-0.2, 0) is 4.84 Å². The molecule has 0 amide bonds. The Kier molecular flexibility index (Phi) is 3.74. The third-order valence-electron chi connectivity index (χ3n) is 4.02. The third-order valence-corrected chi connectivity index (χ3v) is 4.02. The number of furan rings is 1. The lowest BCUT2D eigenvalue weighted by atomic mass is 10.00. The summed E-state index contributed by atoms with van der Waals surface area (Å²) in [6.07, 6.45) is 3.78. The second-order valence-electron chi connectivity index (χ2n) is 5.59. The van der Waals surface area contributed by atoms with Crippen molar-refractivity contribution < 1.29 is 14.2 Å². The number of pyridine rings is 1. The van der Waals surface area contributed by atoms with Crippen molar-refractivity contribution in [3.05, 3.63) is 82.4 Å². The van der Waals surface area contributed by atoms with Gasteiger partial charge in [0.25, 0.3) is 0 Å². The van der Waals surface area contributed by atoms with E-state index in [-0.39, 0.29) is 12.0 Å². The quantitative estimate of drug-likeness (QED) is 0.528. The lowest BCUT2D eigenvalue weighted by Crippen LogP contribution is -2.00. The summed E-state index contributed by atoms with van der Waals surface area (Å²) in [7, 11) is 0. The summed E-state index contributed by atoms with van der Waals surface area (Å²) in [6.45, 7) is 0. The van der Waals surface area contributed by atoms with Crippen molar-refractivity contribution >= 4 is 11.6 Å². The van der Waals surface area contributed by atoms with Crippen molar-refractivity contribution in [1.82, 2.24) is 4.98 Å². The van der Waals surface area contributed by atoms with Crippen LogP contribution in [0.2, 0.25) is 0 Å². The Hall–Kier alpha value is -3.48. The van der Waals surface area contributed by atoms with Gasteiger partial charge in [-0.1, -0.05) is 29.4 Å². The van der Waals surface area contributed by atoms with Crippen LogP contribution in [0.5, 0.6) is 0 Å². The largest absolute Gasteiger partial charge is 0.433 e. The third kappa shape index (κ3) is 2.99. The Morgan fingerprint density at radius 3 is 2.40 bits per heavy atom. The first-order valence-electron chi connectivity index (χ1n) is 7.68. The number of hydrogen-bond donors (Lipinski definition) is 0. The first-order valence-corrected chi connectivity index (χ1v) is 7.68. The average Bonchev–Trinajstić information content (AvgIpc) is 3.32. The first-order chi connectivity index (χ1) is 12.2. The fraction of sp³-hybridized carbons (Fsp3) is 0.111. The number of nitro groups is 1. The summed E-state index contributed by atoms with van der Waals surface area (Å²) in [5.41, 5.74) is 3.73. The highest BCUT2D eigenvalue weighted by Gasteiger charge is 2.27. The fourth-order valence-electron chi connectivity index (χ4n) is 2.72. The molecule has 0 saturated carbocycles. The molecule has 124 valence electrons. The van der Waals surface area contributed by atoms with E-state index in [1.165, 1.54) is 12.1 Å². The van der Waals surface area contributed by atoms with Gasteiger partial charge in [-0.25, -0.2) is 0 Å². The highest BCUT2D eigenvalue weighted by molar-refractivity contribution is 5.99. The maximum Gasteiger partial charge on any atom is 0.433 e. The first kappa shape index (κ1) is 15.1. The zero-order chi connectivity index (χ0) is 17.2. The van der Waals surface area contributed by atoms with Crippen molar-refractivity contribution in [3.63, 3.8) is 0 Å². The van der Waals surface area contributed by atoms with Crippen LogP contribution >= 0.6 is 0 Å². The number of benzene rings is 1. The van der Waals surface area contributed by atoms with Crippen molar-refractivity contribution in [1.29, 1.82) is 0 Å². The van der Waals surface area contributed by atoms with Gasteiger partial charge in [0.05, 0.1) is 6.07 Å². The van der Waals surface area contributed by atoms with Crippen LogP contribution in [0.25, 0.3) is 11.1 Å². The summed E-state index contributed by atoms with van der Waals surface area (Å²) >= 11 is 0. The number of rotatable bonds is 4. The molecular formula is C18H13N3O4. The summed E-state index contributed by atoms with van der Waals surface area (Å²) in [6, 6.07) is 14.8. The molecule has 3 aromatic rings. The molecule has 0 bridgehead atoms. The maximum atomic E-state index is 10.7. The molecule has 1 aromatic carbocycles. The molecule has 1 aliphatic rings. The van der Waals surface area contributed by atoms with Gasteiger partial charge < -0.3 is 9.25 Å². The Labute approximate surface area is 142 Å². The molecule has 3 heterocycles. The zero-order valence-corrected chi connectivity index (χ0v) is 13.0. The summed E-state index contributed by atoms with van der Waals surface area (Å²) in [5.74, 6) is 0.0606. The van der Waals surface area contributed by atoms with Gasteiger partial charge in [-0.15, -0.1) is 0 Å². The second kappa shape index (κ2) is 6.20. The molecule has 0 aliphatic carbocycles. The fourth-order valence-corrected chi connectivity index (χ4v) is 2.72. The topological polar surface area (TPSA) is 90.8 Å². The Morgan fingerprint density at radius 1 is 1.00 bits per heavy atom. The minimum Gasteiger partial charge on any atom is -0.399 e. The van der Waals surface area contributed by atoms with E-state index < -0.39 is 4.92 Å². The number of oxime groups is 1. The lowest BCUT2D eigenvalue weighted by Gasteiger charge is -2.09. The van der Waals surface area contributed by atoms with Crippen LogP contribution in [0.15, 0.2) is 70.5 Å². The van der Waals surface area contributed by atoms with Crippen molar-refractivity contribution in [2.75, 3.05) is 0 Å². The predicted octanol–water partition coefficient (Wildman–Crippen LogP) is 4.12. The van der Waals surface area contributed by atoms with E-state index >= 15 is 0 Å². The normalized spacial score (nSPS) is 16.3. The molecule has 4 rings (SSSR count). The van der Waals surface area contributed by atoms with Crippen molar-refractivity contribution in [2.24, 2.45) is 5.16 Å². The van der Waals surface area contributed by atoms with Crippen molar-refractivity contribution in [3.8, 4) is 11.1 Å². The molecule has 0 saturated heterocycles. The van der Waals surface area contributed by atoms with E-state index in [1.54, 1.807) is 12.4 Å². The minimum absolute atomic E-state index is 0.231. The smallest absolute Gasteiger partial charge is 0.399 e. The molecule has 0 fully saturated rings. The summed E-state index contributed by atoms with van der Waals surface area (Å²) < 4.78 is 5.17. The standard InChI is InChI=1S/C18H13N3O4/c22-21(23)18-6-5-16(24-18)15-11-17(25-20-15)14-3-1-12(2-4-14)13-7-9-19-10-8-13/h1-10,17H,11H2. The van der Waals surface area contributed by atoms with Gasteiger partial charge in [-0.3, -0.25) is 15.1 Å². The Bertz CT molecular complexity index is 932. The molecule has 1 aliphatic heterocycles. The minimum atomic E-state index is -0.574. The van der Waals surface area contributed by atoms with Crippen molar-refractivity contribution in [2.45, 2.75) is 12.5 Å². The van der Waals surface area contributed by atoms with Crippen LogP contribution in [0, 0.1) is 10.1 Å². The van der Waals surface area contributed by atoms with Gasteiger partial charge in [-0.05, 0) is 34.9 Å².